The number of halogens is 1. The zero-order valence-corrected chi connectivity index (χ0v) is 11.4. The van der Waals surface area contributed by atoms with Crippen LogP contribution < -0.4 is 21.1 Å². The summed E-state index contributed by atoms with van der Waals surface area (Å²) in [6, 6.07) is 4.49. The Morgan fingerprint density at radius 2 is 2.00 bits per heavy atom. The van der Waals surface area contributed by atoms with Gasteiger partial charge in [-0.2, -0.15) is 0 Å². The Bertz CT molecular complexity index is 451. The van der Waals surface area contributed by atoms with E-state index in [0.717, 1.165) is 4.47 Å². The molecule has 4 N–H and O–H groups in total. The summed E-state index contributed by atoms with van der Waals surface area (Å²) in [7, 11) is 1.49. The fourth-order valence-electron chi connectivity index (χ4n) is 1.31. The van der Waals surface area contributed by atoms with Gasteiger partial charge in [0.1, 0.15) is 5.75 Å². The molecule has 3 amide bonds. The van der Waals surface area contributed by atoms with Crippen LogP contribution in [0.4, 0.5) is 4.79 Å². The van der Waals surface area contributed by atoms with Gasteiger partial charge in [-0.15, -0.1) is 0 Å². The van der Waals surface area contributed by atoms with Gasteiger partial charge in [0.15, 0.2) is 0 Å². The van der Waals surface area contributed by atoms with Gasteiger partial charge >= 0.3 is 6.03 Å². The van der Waals surface area contributed by atoms with E-state index in [2.05, 4.69) is 26.6 Å². The number of urea groups is 1. The highest BCUT2D eigenvalue weighted by Crippen LogP contribution is 2.23. The molecule has 0 unspecified atom stereocenters. The monoisotopic (exact) mass is 315 g/mol. The number of ether oxygens (including phenoxy) is 1. The maximum atomic E-state index is 11.8. The van der Waals surface area contributed by atoms with Crippen molar-refractivity contribution >= 4 is 27.9 Å². The molecule has 0 heterocycles. The highest BCUT2D eigenvalue weighted by Gasteiger charge is 2.11. The first-order chi connectivity index (χ1) is 8.54. The van der Waals surface area contributed by atoms with Crippen LogP contribution in [-0.2, 0) is 0 Å². The highest BCUT2D eigenvalue weighted by atomic mass is 79.9. The summed E-state index contributed by atoms with van der Waals surface area (Å²) in [5, 5.41) is 5.02. The number of hydrogen-bond donors (Lipinski definition) is 3. The number of carbonyl (C=O) groups excluding carboxylic acids is 2. The van der Waals surface area contributed by atoms with Crippen molar-refractivity contribution in [1.29, 1.82) is 0 Å². The van der Waals surface area contributed by atoms with E-state index in [-0.39, 0.29) is 12.5 Å². The first-order valence-corrected chi connectivity index (χ1v) is 5.99. The number of carbonyl (C=O) groups is 2. The lowest BCUT2D eigenvalue weighted by molar-refractivity contribution is 0.0951. The summed E-state index contributed by atoms with van der Waals surface area (Å²) in [6.07, 6.45) is 0. The lowest BCUT2D eigenvalue weighted by Gasteiger charge is -2.09. The molecule has 7 heteroatoms. The lowest BCUT2D eigenvalue weighted by Crippen LogP contribution is -2.37. The van der Waals surface area contributed by atoms with Gasteiger partial charge in [-0.3, -0.25) is 4.79 Å². The molecule has 0 aromatic heterocycles. The van der Waals surface area contributed by atoms with Crippen molar-refractivity contribution in [2.45, 2.75) is 0 Å². The average molecular weight is 316 g/mol. The first-order valence-electron chi connectivity index (χ1n) is 5.19. The van der Waals surface area contributed by atoms with E-state index in [1.54, 1.807) is 18.2 Å². The normalized spacial score (nSPS) is 9.67. The number of hydrogen-bond acceptors (Lipinski definition) is 3. The van der Waals surface area contributed by atoms with Gasteiger partial charge in [0.2, 0.25) is 0 Å². The molecule has 0 spiro atoms. The fourth-order valence-corrected chi connectivity index (χ4v) is 1.65. The molecule has 0 bridgehead atoms. The van der Waals surface area contributed by atoms with Crippen molar-refractivity contribution in [3.63, 3.8) is 0 Å². The van der Waals surface area contributed by atoms with E-state index in [9.17, 15) is 9.59 Å². The molecule has 18 heavy (non-hydrogen) atoms. The van der Waals surface area contributed by atoms with Gasteiger partial charge in [0.25, 0.3) is 5.91 Å². The van der Waals surface area contributed by atoms with Crippen molar-refractivity contribution in [1.82, 2.24) is 10.6 Å². The first kappa shape index (κ1) is 14.3. The molecular weight excluding hydrogens is 302 g/mol. The van der Waals surface area contributed by atoms with Gasteiger partial charge in [-0.1, -0.05) is 15.9 Å². The Morgan fingerprint density at radius 1 is 1.33 bits per heavy atom. The quantitative estimate of drug-likeness (QED) is 0.703. The Hall–Kier alpha value is -1.76. The van der Waals surface area contributed by atoms with Crippen LogP contribution in [0.25, 0.3) is 0 Å². The maximum Gasteiger partial charge on any atom is 0.312 e. The molecule has 0 aliphatic carbocycles. The van der Waals surface area contributed by atoms with Crippen LogP contribution >= 0.6 is 15.9 Å². The SMILES string of the molecule is COc1cc(Br)ccc1C(=O)NCCNC(N)=O. The molecule has 6 nitrogen and oxygen atoms in total. The Labute approximate surface area is 113 Å². The molecule has 0 fully saturated rings. The summed E-state index contributed by atoms with van der Waals surface area (Å²) in [5.41, 5.74) is 5.33. The molecule has 0 atom stereocenters. The van der Waals surface area contributed by atoms with Crippen LogP contribution in [0.15, 0.2) is 22.7 Å². The minimum Gasteiger partial charge on any atom is -0.496 e. The van der Waals surface area contributed by atoms with Crippen molar-refractivity contribution in [3.8, 4) is 5.75 Å². The van der Waals surface area contributed by atoms with Crippen LogP contribution in [0.5, 0.6) is 5.75 Å². The van der Waals surface area contributed by atoms with Crippen molar-refractivity contribution in [3.05, 3.63) is 28.2 Å². The molecular formula is C11H14BrN3O3. The molecule has 0 saturated carbocycles. The Kier molecular flexibility index (Phi) is 5.44. The maximum absolute atomic E-state index is 11.8. The van der Waals surface area contributed by atoms with Gasteiger partial charge in [-0.25, -0.2) is 4.79 Å². The Balaban J connectivity index is 2.58. The minimum absolute atomic E-state index is 0.273. The number of rotatable bonds is 5. The molecule has 0 aliphatic heterocycles. The molecule has 1 rings (SSSR count). The summed E-state index contributed by atoms with van der Waals surface area (Å²) in [5.74, 6) is 0.204. The van der Waals surface area contributed by atoms with Gasteiger partial charge in [0.05, 0.1) is 12.7 Å². The van der Waals surface area contributed by atoms with Gasteiger partial charge in [0, 0.05) is 17.6 Å². The van der Waals surface area contributed by atoms with Crippen molar-refractivity contribution in [2.75, 3.05) is 20.2 Å². The van der Waals surface area contributed by atoms with E-state index >= 15 is 0 Å². The predicted molar refractivity (Wildman–Crippen MR) is 70.6 cm³/mol. The minimum atomic E-state index is -0.620. The smallest absolute Gasteiger partial charge is 0.312 e. The van der Waals surface area contributed by atoms with E-state index in [0.29, 0.717) is 17.9 Å². The fraction of sp³-hybridized carbons (Fsp3) is 0.273. The number of nitrogens with one attached hydrogen (secondary N) is 2. The summed E-state index contributed by atoms with van der Waals surface area (Å²) < 4.78 is 5.94. The molecule has 0 aliphatic rings. The van der Waals surface area contributed by atoms with Crippen LogP contribution in [0, 0.1) is 0 Å². The highest BCUT2D eigenvalue weighted by molar-refractivity contribution is 9.10. The molecule has 0 radical (unpaired) electrons. The molecule has 1 aromatic rings. The predicted octanol–water partition coefficient (Wildman–Crippen LogP) is 0.856. The van der Waals surface area contributed by atoms with E-state index < -0.39 is 6.03 Å². The number of methoxy groups -OCH3 is 1. The summed E-state index contributed by atoms with van der Waals surface area (Å²) in [6.45, 7) is 0.570. The zero-order chi connectivity index (χ0) is 13.5. The molecule has 1 aromatic carbocycles. The van der Waals surface area contributed by atoms with Crippen molar-refractivity contribution in [2.24, 2.45) is 5.73 Å². The number of benzene rings is 1. The topological polar surface area (TPSA) is 93.4 Å². The standard InChI is InChI=1S/C11H14BrN3O3/c1-18-9-6-7(12)2-3-8(9)10(16)14-4-5-15-11(13)17/h2-3,6H,4-5H2,1H3,(H,14,16)(H3,13,15,17). The second-order valence-corrected chi connectivity index (χ2v) is 4.31. The summed E-state index contributed by atoms with van der Waals surface area (Å²) in [4.78, 5) is 22.3. The molecule has 0 saturated heterocycles. The second-order valence-electron chi connectivity index (χ2n) is 3.39. The van der Waals surface area contributed by atoms with Crippen LogP contribution in [0.1, 0.15) is 10.4 Å². The van der Waals surface area contributed by atoms with Gasteiger partial charge in [-0.05, 0) is 18.2 Å². The zero-order valence-electron chi connectivity index (χ0n) is 9.83. The number of primary amides is 1. The number of amides is 3. The average Bonchev–Trinajstić information content (AvgIpc) is 2.33. The number of nitrogens with two attached hydrogens (primary N) is 1. The van der Waals surface area contributed by atoms with Crippen LogP contribution in [0.2, 0.25) is 0 Å². The third-order valence-corrected chi connectivity index (χ3v) is 2.61. The summed E-state index contributed by atoms with van der Waals surface area (Å²) >= 11 is 3.29. The second kappa shape index (κ2) is 6.85. The molecule has 98 valence electrons. The largest absolute Gasteiger partial charge is 0.496 e. The van der Waals surface area contributed by atoms with Crippen LogP contribution in [-0.4, -0.2) is 32.1 Å². The Morgan fingerprint density at radius 3 is 2.61 bits per heavy atom. The van der Waals surface area contributed by atoms with E-state index in [1.807, 2.05) is 0 Å². The van der Waals surface area contributed by atoms with E-state index in [1.165, 1.54) is 7.11 Å². The van der Waals surface area contributed by atoms with Crippen molar-refractivity contribution < 1.29 is 14.3 Å². The third kappa shape index (κ3) is 4.25. The van der Waals surface area contributed by atoms with Gasteiger partial charge < -0.3 is 21.1 Å². The lowest BCUT2D eigenvalue weighted by atomic mass is 10.2. The van der Waals surface area contributed by atoms with E-state index in [4.69, 9.17) is 10.5 Å². The van der Waals surface area contributed by atoms with Crippen LogP contribution in [0.3, 0.4) is 0 Å². The third-order valence-electron chi connectivity index (χ3n) is 2.12.